The van der Waals surface area contributed by atoms with Gasteiger partial charge in [0.2, 0.25) is 5.91 Å². The molecule has 1 amide bonds. The van der Waals surface area contributed by atoms with E-state index in [-0.39, 0.29) is 12.3 Å². The quantitative estimate of drug-likeness (QED) is 0.789. The van der Waals surface area contributed by atoms with Crippen LogP contribution in [-0.2, 0) is 16.0 Å². The van der Waals surface area contributed by atoms with Gasteiger partial charge in [-0.2, -0.15) is 0 Å². The van der Waals surface area contributed by atoms with Crippen molar-refractivity contribution in [3.63, 3.8) is 0 Å². The van der Waals surface area contributed by atoms with Crippen molar-refractivity contribution in [3.05, 3.63) is 29.8 Å². The average molecular weight is 207 g/mol. The third-order valence-electron chi connectivity index (χ3n) is 1.91. The lowest BCUT2D eigenvalue weighted by Gasteiger charge is -2.03. The fourth-order valence-electron chi connectivity index (χ4n) is 1.13. The van der Waals surface area contributed by atoms with E-state index in [2.05, 4.69) is 5.32 Å². The van der Waals surface area contributed by atoms with Gasteiger partial charge in [0.05, 0.1) is 6.42 Å². The summed E-state index contributed by atoms with van der Waals surface area (Å²) in [5.41, 5.74) is 1.41. The standard InChI is InChI=1S/C11H13NO3/c1-2-10(13)12-9-5-3-8(4-6-9)7-11(14)15/h3-6H,2,7H2,1H3,(H,12,13)(H,14,15). The van der Waals surface area contributed by atoms with Gasteiger partial charge >= 0.3 is 5.97 Å². The molecule has 1 aromatic rings. The van der Waals surface area contributed by atoms with E-state index in [1.807, 2.05) is 0 Å². The van der Waals surface area contributed by atoms with Gasteiger partial charge in [-0.1, -0.05) is 19.1 Å². The minimum atomic E-state index is -0.861. The predicted octanol–water partition coefficient (Wildman–Crippen LogP) is 1.66. The Morgan fingerprint density at radius 1 is 1.27 bits per heavy atom. The van der Waals surface area contributed by atoms with Gasteiger partial charge < -0.3 is 10.4 Å². The largest absolute Gasteiger partial charge is 0.481 e. The van der Waals surface area contributed by atoms with Crippen molar-refractivity contribution in [2.45, 2.75) is 19.8 Å². The van der Waals surface area contributed by atoms with Gasteiger partial charge in [0, 0.05) is 12.1 Å². The minimum absolute atomic E-state index is 0.00199. The molecular weight excluding hydrogens is 194 g/mol. The Hall–Kier alpha value is -1.84. The molecule has 0 aliphatic heterocycles. The van der Waals surface area contributed by atoms with Crippen LogP contribution in [0.3, 0.4) is 0 Å². The number of benzene rings is 1. The molecule has 0 bridgehead atoms. The zero-order valence-corrected chi connectivity index (χ0v) is 8.49. The molecule has 0 fully saturated rings. The monoisotopic (exact) mass is 207 g/mol. The van der Waals surface area contributed by atoms with E-state index >= 15 is 0 Å². The van der Waals surface area contributed by atoms with E-state index in [0.717, 1.165) is 5.56 Å². The van der Waals surface area contributed by atoms with Gasteiger partial charge in [0.1, 0.15) is 0 Å². The average Bonchev–Trinajstić information content (AvgIpc) is 2.20. The molecule has 1 rings (SSSR count). The summed E-state index contributed by atoms with van der Waals surface area (Å²) in [7, 11) is 0. The molecule has 0 saturated heterocycles. The number of carbonyl (C=O) groups is 2. The number of amides is 1. The summed E-state index contributed by atoms with van der Waals surface area (Å²) in [5.74, 6) is -0.915. The number of anilines is 1. The summed E-state index contributed by atoms with van der Waals surface area (Å²) >= 11 is 0. The molecule has 80 valence electrons. The van der Waals surface area contributed by atoms with Gasteiger partial charge in [0.25, 0.3) is 0 Å². The van der Waals surface area contributed by atoms with Gasteiger partial charge in [-0.15, -0.1) is 0 Å². The molecule has 4 nitrogen and oxygen atoms in total. The van der Waals surface area contributed by atoms with Crippen LogP contribution in [0.2, 0.25) is 0 Å². The molecule has 0 aliphatic rings. The van der Waals surface area contributed by atoms with Crippen molar-refractivity contribution < 1.29 is 14.7 Å². The number of carbonyl (C=O) groups excluding carboxylic acids is 1. The molecule has 0 saturated carbocycles. The number of hydrogen-bond acceptors (Lipinski definition) is 2. The van der Waals surface area contributed by atoms with Gasteiger partial charge in [-0.05, 0) is 17.7 Å². The highest BCUT2D eigenvalue weighted by atomic mass is 16.4. The van der Waals surface area contributed by atoms with E-state index in [4.69, 9.17) is 5.11 Å². The maximum absolute atomic E-state index is 11.0. The fraction of sp³-hybridized carbons (Fsp3) is 0.273. The van der Waals surface area contributed by atoms with Crippen LogP contribution in [0.5, 0.6) is 0 Å². The first-order valence-corrected chi connectivity index (χ1v) is 4.72. The lowest BCUT2D eigenvalue weighted by Crippen LogP contribution is -2.09. The molecular formula is C11H13NO3. The van der Waals surface area contributed by atoms with E-state index in [0.29, 0.717) is 12.1 Å². The molecule has 0 atom stereocenters. The fourth-order valence-corrected chi connectivity index (χ4v) is 1.13. The minimum Gasteiger partial charge on any atom is -0.481 e. The molecule has 0 radical (unpaired) electrons. The van der Waals surface area contributed by atoms with Gasteiger partial charge in [-0.25, -0.2) is 0 Å². The molecule has 0 aromatic heterocycles. The van der Waals surface area contributed by atoms with Crippen LogP contribution in [-0.4, -0.2) is 17.0 Å². The van der Waals surface area contributed by atoms with Crippen LogP contribution < -0.4 is 5.32 Å². The number of aliphatic carboxylic acids is 1. The summed E-state index contributed by atoms with van der Waals surface area (Å²) in [4.78, 5) is 21.4. The van der Waals surface area contributed by atoms with E-state index in [9.17, 15) is 9.59 Å². The zero-order chi connectivity index (χ0) is 11.3. The Morgan fingerprint density at radius 3 is 2.33 bits per heavy atom. The summed E-state index contributed by atoms with van der Waals surface area (Å²) in [6.45, 7) is 1.77. The van der Waals surface area contributed by atoms with Crippen LogP contribution in [0, 0.1) is 0 Å². The number of carboxylic acids is 1. The third-order valence-corrected chi connectivity index (χ3v) is 1.91. The Kier molecular flexibility index (Phi) is 3.85. The highest BCUT2D eigenvalue weighted by molar-refractivity contribution is 5.90. The van der Waals surface area contributed by atoms with Crippen molar-refractivity contribution in [1.29, 1.82) is 0 Å². The predicted molar refractivity (Wildman–Crippen MR) is 56.7 cm³/mol. The molecule has 0 spiro atoms. The Labute approximate surface area is 87.9 Å². The summed E-state index contributed by atoms with van der Waals surface area (Å²) in [5, 5.41) is 11.2. The second-order valence-electron chi connectivity index (χ2n) is 3.17. The Bertz CT molecular complexity index is 357. The SMILES string of the molecule is CCC(=O)Nc1ccc(CC(=O)O)cc1. The van der Waals surface area contributed by atoms with Crippen molar-refractivity contribution in [2.75, 3.05) is 5.32 Å². The second-order valence-corrected chi connectivity index (χ2v) is 3.17. The van der Waals surface area contributed by atoms with Gasteiger partial charge in [-0.3, -0.25) is 9.59 Å². The molecule has 2 N–H and O–H groups in total. The van der Waals surface area contributed by atoms with Crippen molar-refractivity contribution in [3.8, 4) is 0 Å². The molecule has 15 heavy (non-hydrogen) atoms. The van der Waals surface area contributed by atoms with E-state index in [1.54, 1.807) is 31.2 Å². The topological polar surface area (TPSA) is 66.4 Å². The maximum Gasteiger partial charge on any atom is 0.307 e. The molecule has 0 unspecified atom stereocenters. The highest BCUT2D eigenvalue weighted by Gasteiger charge is 2.01. The third kappa shape index (κ3) is 3.81. The first kappa shape index (κ1) is 11.2. The van der Waals surface area contributed by atoms with Crippen molar-refractivity contribution in [2.24, 2.45) is 0 Å². The summed E-state index contributed by atoms with van der Waals surface area (Å²) < 4.78 is 0. The van der Waals surface area contributed by atoms with Gasteiger partial charge in [0.15, 0.2) is 0 Å². The smallest absolute Gasteiger partial charge is 0.307 e. The number of nitrogens with one attached hydrogen (secondary N) is 1. The van der Waals surface area contributed by atoms with Crippen LogP contribution in [0.1, 0.15) is 18.9 Å². The van der Waals surface area contributed by atoms with Crippen LogP contribution >= 0.6 is 0 Å². The molecule has 0 heterocycles. The first-order chi connectivity index (χ1) is 7.11. The normalized spacial score (nSPS) is 9.67. The Balaban J connectivity index is 2.64. The molecule has 0 aliphatic carbocycles. The maximum atomic E-state index is 11.0. The van der Waals surface area contributed by atoms with Crippen LogP contribution in [0.25, 0.3) is 0 Å². The molecule has 1 aromatic carbocycles. The first-order valence-electron chi connectivity index (χ1n) is 4.72. The van der Waals surface area contributed by atoms with E-state index < -0.39 is 5.97 Å². The number of carboxylic acid groups (broad SMARTS) is 1. The highest BCUT2D eigenvalue weighted by Crippen LogP contribution is 2.10. The lowest BCUT2D eigenvalue weighted by molar-refractivity contribution is -0.136. The van der Waals surface area contributed by atoms with E-state index in [1.165, 1.54) is 0 Å². The number of hydrogen-bond donors (Lipinski definition) is 2. The molecule has 4 heteroatoms. The van der Waals surface area contributed by atoms with Crippen molar-refractivity contribution in [1.82, 2.24) is 0 Å². The zero-order valence-electron chi connectivity index (χ0n) is 8.49. The van der Waals surface area contributed by atoms with Crippen LogP contribution in [0.4, 0.5) is 5.69 Å². The lowest BCUT2D eigenvalue weighted by atomic mass is 10.1. The Morgan fingerprint density at radius 2 is 1.87 bits per heavy atom. The van der Waals surface area contributed by atoms with Crippen LogP contribution in [0.15, 0.2) is 24.3 Å². The number of rotatable bonds is 4. The second kappa shape index (κ2) is 5.14. The van der Waals surface area contributed by atoms with Crippen molar-refractivity contribution >= 4 is 17.6 Å². The summed E-state index contributed by atoms with van der Waals surface area (Å²) in [6, 6.07) is 6.79. The summed E-state index contributed by atoms with van der Waals surface area (Å²) in [6.07, 6.45) is 0.429.